The lowest BCUT2D eigenvalue weighted by Crippen LogP contribution is -2.35. The van der Waals surface area contributed by atoms with E-state index in [0.717, 1.165) is 18.8 Å². The van der Waals surface area contributed by atoms with Gasteiger partial charge in [-0.1, -0.05) is 6.07 Å². The molecule has 0 aliphatic carbocycles. The smallest absolute Gasteiger partial charge is 0.140 e. The molecule has 0 saturated carbocycles. The van der Waals surface area contributed by atoms with Gasteiger partial charge in [-0.15, -0.1) is 0 Å². The number of pyridine rings is 1. The summed E-state index contributed by atoms with van der Waals surface area (Å²) in [6, 6.07) is 7.60. The standard InChI is InChI=1S/C10H11N3O/c11-6-8-2-1-3-9(13-8)10-7-14-5-4-12-10/h1-3,10,12H,4-5,7H2/t10-/m0/s1. The van der Waals surface area contributed by atoms with E-state index in [2.05, 4.69) is 10.3 Å². The van der Waals surface area contributed by atoms with Gasteiger partial charge < -0.3 is 10.1 Å². The second kappa shape index (κ2) is 4.18. The van der Waals surface area contributed by atoms with Crippen LogP contribution in [0.1, 0.15) is 17.4 Å². The van der Waals surface area contributed by atoms with Crippen LogP contribution >= 0.6 is 0 Å². The topological polar surface area (TPSA) is 57.9 Å². The van der Waals surface area contributed by atoms with Crippen LogP contribution in [-0.2, 0) is 4.74 Å². The molecule has 1 N–H and O–H groups in total. The Morgan fingerprint density at radius 1 is 1.57 bits per heavy atom. The molecule has 0 spiro atoms. The Morgan fingerprint density at radius 3 is 3.21 bits per heavy atom. The number of morpholine rings is 1. The van der Waals surface area contributed by atoms with Crippen LogP contribution in [0.2, 0.25) is 0 Å². The van der Waals surface area contributed by atoms with Crippen LogP contribution in [0.15, 0.2) is 18.2 Å². The van der Waals surface area contributed by atoms with Crippen molar-refractivity contribution in [3.8, 4) is 6.07 Å². The number of hydrogen-bond donors (Lipinski definition) is 1. The fraction of sp³-hybridized carbons (Fsp3) is 0.400. The fourth-order valence-corrected chi connectivity index (χ4v) is 1.46. The van der Waals surface area contributed by atoms with Crippen molar-refractivity contribution in [2.24, 2.45) is 0 Å². The highest BCUT2D eigenvalue weighted by Crippen LogP contribution is 2.13. The number of nitrogens with one attached hydrogen (secondary N) is 1. The van der Waals surface area contributed by atoms with Gasteiger partial charge in [0.05, 0.1) is 24.9 Å². The first-order valence-electron chi connectivity index (χ1n) is 4.58. The Morgan fingerprint density at radius 2 is 2.50 bits per heavy atom. The molecule has 2 heterocycles. The van der Waals surface area contributed by atoms with Gasteiger partial charge in [-0.05, 0) is 12.1 Å². The van der Waals surface area contributed by atoms with E-state index < -0.39 is 0 Å². The van der Waals surface area contributed by atoms with E-state index in [4.69, 9.17) is 10.00 Å². The van der Waals surface area contributed by atoms with Gasteiger partial charge in [-0.2, -0.15) is 5.26 Å². The third kappa shape index (κ3) is 1.90. The highest BCUT2D eigenvalue weighted by atomic mass is 16.5. The molecule has 1 aromatic rings. The van der Waals surface area contributed by atoms with Crippen LogP contribution in [0.3, 0.4) is 0 Å². The van der Waals surface area contributed by atoms with Gasteiger partial charge in [0.25, 0.3) is 0 Å². The molecule has 14 heavy (non-hydrogen) atoms. The number of hydrogen-bond acceptors (Lipinski definition) is 4. The lowest BCUT2D eigenvalue weighted by atomic mass is 10.1. The van der Waals surface area contributed by atoms with E-state index >= 15 is 0 Å². The van der Waals surface area contributed by atoms with Crippen molar-refractivity contribution in [1.29, 1.82) is 5.26 Å². The molecule has 0 bridgehead atoms. The minimum Gasteiger partial charge on any atom is -0.378 e. The molecular formula is C10H11N3O. The molecule has 2 rings (SSSR count). The maximum absolute atomic E-state index is 8.70. The molecule has 0 amide bonds. The quantitative estimate of drug-likeness (QED) is 0.703. The van der Waals surface area contributed by atoms with Crippen LogP contribution in [0, 0.1) is 11.3 Å². The predicted octanol–water partition coefficient (Wildman–Crippen LogP) is 0.614. The second-order valence-electron chi connectivity index (χ2n) is 3.14. The number of nitrogens with zero attached hydrogens (tertiary/aromatic N) is 2. The minimum atomic E-state index is 0.122. The van der Waals surface area contributed by atoms with Crippen molar-refractivity contribution < 1.29 is 4.74 Å². The van der Waals surface area contributed by atoms with Crippen LogP contribution in [0.4, 0.5) is 0 Å². The van der Waals surface area contributed by atoms with E-state index in [-0.39, 0.29) is 6.04 Å². The average Bonchev–Trinajstić information content (AvgIpc) is 2.30. The van der Waals surface area contributed by atoms with Gasteiger partial charge in [0.1, 0.15) is 11.8 Å². The maximum Gasteiger partial charge on any atom is 0.140 e. The van der Waals surface area contributed by atoms with E-state index in [9.17, 15) is 0 Å². The Kier molecular flexibility index (Phi) is 2.73. The van der Waals surface area contributed by atoms with E-state index in [1.165, 1.54) is 0 Å². The fourth-order valence-electron chi connectivity index (χ4n) is 1.46. The van der Waals surface area contributed by atoms with Gasteiger partial charge in [0.15, 0.2) is 0 Å². The van der Waals surface area contributed by atoms with Crippen molar-refractivity contribution in [3.63, 3.8) is 0 Å². The van der Waals surface area contributed by atoms with Gasteiger partial charge in [0.2, 0.25) is 0 Å². The van der Waals surface area contributed by atoms with Gasteiger partial charge in [-0.3, -0.25) is 0 Å². The van der Waals surface area contributed by atoms with Gasteiger partial charge in [-0.25, -0.2) is 4.98 Å². The Bertz CT molecular complexity index is 353. The van der Waals surface area contributed by atoms with E-state index in [0.29, 0.717) is 12.3 Å². The summed E-state index contributed by atoms with van der Waals surface area (Å²) in [6.45, 7) is 2.21. The van der Waals surface area contributed by atoms with Crippen molar-refractivity contribution in [2.75, 3.05) is 19.8 Å². The molecule has 1 atom stereocenters. The predicted molar refractivity (Wildman–Crippen MR) is 50.5 cm³/mol. The van der Waals surface area contributed by atoms with Crippen LogP contribution in [-0.4, -0.2) is 24.7 Å². The highest BCUT2D eigenvalue weighted by molar-refractivity contribution is 5.23. The summed E-state index contributed by atoms with van der Waals surface area (Å²) >= 11 is 0. The Hall–Kier alpha value is -1.44. The lowest BCUT2D eigenvalue weighted by Gasteiger charge is -2.23. The third-order valence-electron chi connectivity index (χ3n) is 2.16. The summed E-state index contributed by atoms with van der Waals surface area (Å²) in [5, 5.41) is 12.0. The van der Waals surface area contributed by atoms with E-state index in [1.54, 1.807) is 6.07 Å². The first-order valence-corrected chi connectivity index (χ1v) is 4.58. The first kappa shape index (κ1) is 9.13. The van der Waals surface area contributed by atoms with Gasteiger partial charge >= 0.3 is 0 Å². The average molecular weight is 189 g/mol. The maximum atomic E-state index is 8.70. The number of nitriles is 1. The Balaban J connectivity index is 2.18. The molecule has 1 fully saturated rings. The molecule has 1 aliphatic heterocycles. The Labute approximate surface area is 82.5 Å². The molecule has 4 heteroatoms. The summed E-state index contributed by atoms with van der Waals surface area (Å²) in [6.07, 6.45) is 0. The van der Waals surface area contributed by atoms with Crippen molar-refractivity contribution in [3.05, 3.63) is 29.6 Å². The zero-order valence-electron chi connectivity index (χ0n) is 7.73. The van der Waals surface area contributed by atoms with Crippen molar-refractivity contribution >= 4 is 0 Å². The minimum absolute atomic E-state index is 0.122. The SMILES string of the molecule is N#Cc1cccc([C@@H]2COCCN2)n1. The zero-order valence-corrected chi connectivity index (χ0v) is 7.73. The zero-order chi connectivity index (χ0) is 9.80. The number of rotatable bonds is 1. The van der Waals surface area contributed by atoms with Crippen molar-refractivity contribution in [1.82, 2.24) is 10.3 Å². The molecule has 0 unspecified atom stereocenters. The van der Waals surface area contributed by atoms with Gasteiger partial charge in [0, 0.05) is 6.54 Å². The largest absolute Gasteiger partial charge is 0.378 e. The van der Waals surface area contributed by atoms with Crippen molar-refractivity contribution in [2.45, 2.75) is 6.04 Å². The lowest BCUT2D eigenvalue weighted by molar-refractivity contribution is 0.0756. The molecule has 1 aliphatic rings. The number of ether oxygens (including phenoxy) is 1. The summed E-state index contributed by atoms with van der Waals surface area (Å²) in [4.78, 5) is 4.21. The molecule has 4 nitrogen and oxygen atoms in total. The number of aromatic nitrogens is 1. The molecule has 1 aromatic heterocycles. The third-order valence-corrected chi connectivity index (χ3v) is 2.16. The molecule has 1 saturated heterocycles. The monoisotopic (exact) mass is 189 g/mol. The summed E-state index contributed by atoms with van der Waals surface area (Å²) < 4.78 is 5.32. The summed E-state index contributed by atoms with van der Waals surface area (Å²) in [5.74, 6) is 0. The molecule has 0 radical (unpaired) electrons. The normalized spacial score (nSPS) is 21.5. The van der Waals surface area contributed by atoms with Crippen LogP contribution in [0.5, 0.6) is 0 Å². The molecule has 72 valence electrons. The molecule has 0 aromatic carbocycles. The highest BCUT2D eigenvalue weighted by Gasteiger charge is 2.16. The van der Waals surface area contributed by atoms with Crippen LogP contribution < -0.4 is 5.32 Å². The second-order valence-corrected chi connectivity index (χ2v) is 3.14. The first-order chi connectivity index (χ1) is 6.90. The molecular weight excluding hydrogens is 178 g/mol. The summed E-state index contributed by atoms with van der Waals surface area (Å²) in [5.41, 5.74) is 1.33. The summed E-state index contributed by atoms with van der Waals surface area (Å²) in [7, 11) is 0. The van der Waals surface area contributed by atoms with Crippen LogP contribution in [0.25, 0.3) is 0 Å². The van der Waals surface area contributed by atoms with E-state index in [1.807, 2.05) is 18.2 Å².